The summed E-state index contributed by atoms with van der Waals surface area (Å²) in [7, 11) is 1.57. The zero-order chi connectivity index (χ0) is 12.8. The third-order valence-electron chi connectivity index (χ3n) is 2.42. The number of rotatable bonds is 6. The third-order valence-corrected chi connectivity index (χ3v) is 2.42. The van der Waals surface area contributed by atoms with Crippen molar-refractivity contribution in [3.63, 3.8) is 0 Å². The van der Waals surface area contributed by atoms with Crippen LogP contribution < -0.4 is 5.32 Å². The minimum Gasteiger partial charge on any atom is -0.480 e. The molecule has 16 heavy (non-hydrogen) atoms. The number of aliphatic carboxylic acids is 1. The molecule has 0 radical (unpaired) electrons. The average Bonchev–Trinajstić information content (AvgIpc) is 2.17. The van der Waals surface area contributed by atoms with E-state index < -0.39 is 11.5 Å². The van der Waals surface area contributed by atoms with Crippen molar-refractivity contribution >= 4 is 11.9 Å². The molecule has 0 aliphatic rings. The highest BCUT2D eigenvalue weighted by Gasteiger charge is 2.32. The second kappa shape index (κ2) is 6.08. The van der Waals surface area contributed by atoms with Gasteiger partial charge < -0.3 is 10.4 Å². The fourth-order valence-corrected chi connectivity index (χ4v) is 0.890. The quantitative estimate of drug-likeness (QED) is 0.613. The van der Waals surface area contributed by atoms with Crippen LogP contribution in [0.15, 0.2) is 0 Å². The van der Waals surface area contributed by atoms with Crippen LogP contribution in [-0.4, -0.2) is 47.6 Å². The molecule has 0 aromatic rings. The number of hydrogen-bond donors (Lipinski definition) is 2. The van der Waals surface area contributed by atoms with E-state index >= 15 is 0 Å². The lowest BCUT2D eigenvalue weighted by Gasteiger charge is -2.30. The second-order valence-corrected chi connectivity index (χ2v) is 3.98. The number of nitrogens with zero attached hydrogens (tertiary/aromatic N) is 2. The Morgan fingerprint density at radius 2 is 2.06 bits per heavy atom. The van der Waals surface area contributed by atoms with Crippen LogP contribution in [0.25, 0.3) is 0 Å². The second-order valence-electron chi connectivity index (χ2n) is 3.98. The lowest BCUT2D eigenvalue weighted by molar-refractivity contribution is -0.149. The van der Waals surface area contributed by atoms with E-state index in [0.29, 0.717) is 0 Å². The zero-order valence-electron chi connectivity index (χ0n) is 9.78. The Hall–Kier alpha value is -1.61. The fourth-order valence-electron chi connectivity index (χ4n) is 0.890. The Morgan fingerprint density at radius 1 is 1.50 bits per heavy atom. The van der Waals surface area contributed by atoms with Crippen LogP contribution >= 0.6 is 0 Å². The van der Waals surface area contributed by atoms with Gasteiger partial charge in [0.25, 0.3) is 0 Å². The predicted octanol–water partition coefficient (Wildman–Crippen LogP) is -0.189. The molecule has 0 fully saturated rings. The molecule has 90 valence electrons. The Balaban J connectivity index is 4.15. The zero-order valence-corrected chi connectivity index (χ0v) is 9.78. The van der Waals surface area contributed by atoms with Gasteiger partial charge >= 0.3 is 5.97 Å². The number of carboxylic acids is 1. The van der Waals surface area contributed by atoms with Gasteiger partial charge in [0.15, 0.2) is 0 Å². The molecule has 0 aromatic heterocycles. The molecule has 0 spiro atoms. The monoisotopic (exact) mass is 227 g/mol. The van der Waals surface area contributed by atoms with Gasteiger partial charge in [-0.2, -0.15) is 5.26 Å². The molecule has 0 aromatic carbocycles. The molecule has 6 nitrogen and oxygen atoms in total. The van der Waals surface area contributed by atoms with Crippen LogP contribution in [0.2, 0.25) is 0 Å². The number of nitriles is 1. The van der Waals surface area contributed by atoms with Gasteiger partial charge in [-0.05, 0) is 20.9 Å². The van der Waals surface area contributed by atoms with Gasteiger partial charge in [0, 0.05) is 6.54 Å². The molecule has 0 aliphatic carbocycles. The summed E-state index contributed by atoms with van der Waals surface area (Å²) < 4.78 is 0. The van der Waals surface area contributed by atoms with E-state index in [1.165, 1.54) is 18.7 Å². The van der Waals surface area contributed by atoms with Crippen molar-refractivity contribution in [2.75, 3.05) is 20.1 Å². The number of hydrogen-bond acceptors (Lipinski definition) is 4. The molecule has 0 heterocycles. The lowest BCUT2D eigenvalue weighted by atomic mass is 10.0. The van der Waals surface area contributed by atoms with Crippen LogP contribution in [0.5, 0.6) is 0 Å². The van der Waals surface area contributed by atoms with E-state index in [2.05, 4.69) is 5.32 Å². The first-order valence-corrected chi connectivity index (χ1v) is 4.90. The molecule has 2 N–H and O–H groups in total. The van der Waals surface area contributed by atoms with Crippen LogP contribution in [-0.2, 0) is 9.59 Å². The molecule has 0 saturated heterocycles. The van der Waals surface area contributed by atoms with E-state index in [9.17, 15) is 9.59 Å². The normalized spacial score (nSPS) is 10.9. The van der Waals surface area contributed by atoms with Crippen molar-refractivity contribution in [1.29, 1.82) is 5.26 Å². The van der Waals surface area contributed by atoms with Gasteiger partial charge in [-0.3, -0.25) is 14.5 Å². The van der Waals surface area contributed by atoms with Gasteiger partial charge in [-0.25, -0.2) is 0 Å². The van der Waals surface area contributed by atoms with E-state index in [0.717, 1.165) is 0 Å². The molecule has 0 unspecified atom stereocenters. The van der Waals surface area contributed by atoms with Crippen molar-refractivity contribution in [2.24, 2.45) is 0 Å². The minimum atomic E-state index is -1.09. The average molecular weight is 227 g/mol. The Bertz CT molecular complexity index is 307. The van der Waals surface area contributed by atoms with Crippen molar-refractivity contribution in [1.82, 2.24) is 10.2 Å². The highest BCUT2D eigenvalue weighted by molar-refractivity contribution is 5.81. The Morgan fingerprint density at radius 3 is 2.50 bits per heavy atom. The highest BCUT2D eigenvalue weighted by atomic mass is 16.4. The van der Waals surface area contributed by atoms with Gasteiger partial charge in [-0.1, -0.05) is 0 Å². The molecule has 0 bridgehead atoms. The summed E-state index contributed by atoms with van der Waals surface area (Å²) in [5.74, 6) is -1.27. The first-order valence-electron chi connectivity index (χ1n) is 4.90. The predicted molar refractivity (Wildman–Crippen MR) is 57.6 cm³/mol. The standard InChI is InChI=1S/C10H17N3O3/c1-10(2,9(15)16)13(3)7-8(14)12-6-4-5-11/h4,6-7H2,1-3H3,(H,12,14)(H,15,16). The van der Waals surface area contributed by atoms with Crippen LogP contribution in [0, 0.1) is 11.3 Å². The van der Waals surface area contributed by atoms with E-state index in [1.807, 2.05) is 6.07 Å². The fraction of sp³-hybridized carbons (Fsp3) is 0.700. The molecule has 6 heteroatoms. The number of carbonyl (C=O) groups is 2. The molecular weight excluding hydrogens is 210 g/mol. The molecule has 0 aliphatic heterocycles. The van der Waals surface area contributed by atoms with Crippen molar-refractivity contribution in [2.45, 2.75) is 25.8 Å². The summed E-state index contributed by atoms with van der Waals surface area (Å²) in [4.78, 5) is 23.7. The van der Waals surface area contributed by atoms with Gasteiger partial charge in [0.2, 0.25) is 5.91 Å². The molecule has 0 saturated carbocycles. The number of likely N-dealkylation sites (N-methyl/N-ethyl adjacent to an activating group) is 1. The molecule has 1 amide bonds. The maximum absolute atomic E-state index is 11.3. The number of nitrogens with one attached hydrogen (secondary N) is 1. The van der Waals surface area contributed by atoms with Crippen molar-refractivity contribution < 1.29 is 14.7 Å². The van der Waals surface area contributed by atoms with E-state index in [4.69, 9.17) is 10.4 Å². The SMILES string of the molecule is CN(CC(=O)NCCC#N)C(C)(C)C(=O)O. The van der Waals surface area contributed by atoms with Crippen molar-refractivity contribution in [3.05, 3.63) is 0 Å². The van der Waals surface area contributed by atoms with Crippen molar-refractivity contribution in [3.8, 4) is 6.07 Å². The summed E-state index contributed by atoms with van der Waals surface area (Å²) in [6, 6.07) is 1.90. The highest BCUT2D eigenvalue weighted by Crippen LogP contribution is 2.11. The van der Waals surface area contributed by atoms with Gasteiger partial charge in [-0.15, -0.1) is 0 Å². The maximum Gasteiger partial charge on any atom is 0.323 e. The number of carbonyl (C=O) groups excluding carboxylic acids is 1. The van der Waals surface area contributed by atoms with Gasteiger partial charge in [0.1, 0.15) is 5.54 Å². The molecule has 0 atom stereocenters. The Labute approximate surface area is 94.8 Å². The summed E-state index contributed by atoms with van der Waals surface area (Å²) in [6.45, 7) is 3.33. The third kappa shape index (κ3) is 4.28. The van der Waals surface area contributed by atoms with E-state index in [1.54, 1.807) is 7.05 Å². The van der Waals surface area contributed by atoms with Crippen LogP contribution in [0.3, 0.4) is 0 Å². The van der Waals surface area contributed by atoms with Crippen LogP contribution in [0.1, 0.15) is 20.3 Å². The van der Waals surface area contributed by atoms with Gasteiger partial charge in [0.05, 0.1) is 19.0 Å². The summed E-state index contributed by atoms with van der Waals surface area (Å²) in [6.07, 6.45) is 0.248. The largest absolute Gasteiger partial charge is 0.480 e. The molecule has 0 rings (SSSR count). The maximum atomic E-state index is 11.3. The lowest BCUT2D eigenvalue weighted by Crippen LogP contribution is -2.51. The van der Waals surface area contributed by atoms with E-state index in [-0.39, 0.29) is 25.4 Å². The topological polar surface area (TPSA) is 93.4 Å². The first kappa shape index (κ1) is 14.4. The number of amides is 1. The van der Waals surface area contributed by atoms with Crippen LogP contribution in [0.4, 0.5) is 0 Å². The summed E-state index contributed by atoms with van der Waals surface area (Å²) in [5.41, 5.74) is -1.09. The number of carboxylic acid groups (broad SMARTS) is 1. The Kier molecular flexibility index (Phi) is 5.47. The summed E-state index contributed by atoms with van der Waals surface area (Å²) >= 11 is 0. The minimum absolute atomic E-state index is 0.00920. The summed E-state index contributed by atoms with van der Waals surface area (Å²) in [5, 5.41) is 19.7. The first-order chi connectivity index (χ1) is 7.32. The smallest absolute Gasteiger partial charge is 0.323 e. The molecular formula is C10H17N3O3.